The van der Waals surface area contributed by atoms with Gasteiger partial charge in [-0.25, -0.2) is 4.79 Å². The minimum absolute atomic E-state index is 0.0151. The van der Waals surface area contributed by atoms with Crippen LogP contribution in [0.3, 0.4) is 0 Å². The second-order valence-corrected chi connectivity index (χ2v) is 11.1. The summed E-state index contributed by atoms with van der Waals surface area (Å²) in [6, 6.07) is 18.0. The highest BCUT2D eigenvalue weighted by Gasteiger charge is 2.43. The lowest BCUT2D eigenvalue weighted by Crippen LogP contribution is -2.25. The Balaban J connectivity index is 1.51. The molecule has 2 aliphatic carbocycles. The SMILES string of the molecule is C=C1C(=Cc2ccc(-c3cc(C=O)ccc3C)s2)CC2=CC(C)=C(C(=O)OCC)C(c3ccc(OC)cc3)C12. The summed E-state index contributed by atoms with van der Waals surface area (Å²) in [4.78, 5) is 26.8. The Hall–Kier alpha value is -3.96. The Bertz CT molecular complexity index is 1550. The molecule has 4 nitrogen and oxygen atoms in total. The summed E-state index contributed by atoms with van der Waals surface area (Å²) < 4.78 is 10.9. The molecule has 198 valence electrons. The van der Waals surface area contributed by atoms with E-state index < -0.39 is 0 Å². The fourth-order valence-electron chi connectivity index (χ4n) is 5.73. The molecule has 2 aromatic carbocycles. The van der Waals surface area contributed by atoms with E-state index in [1.165, 1.54) is 11.1 Å². The van der Waals surface area contributed by atoms with Gasteiger partial charge in [0.05, 0.1) is 13.7 Å². The van der Waals surface area contributed by atoms with E-state index in [0.29, 0.717) is 17.7 Å². The topological polar surface area (TPSA) is 52.6 Å². The van der Waals surface area contributed by atoms with Crippen molar-refractivity contribution in [3.63, 3.8) is 0 Å². The molecule has 0 saturated heterocycles. The first kappa shape index (κ1) is 26.6. The number of aryl methyl sites for hydroxylation is 1. The maximum atomic E-state index is 13.2. The standard InChI is InChI=1S/C34H32O4S/c1-6-38-34(36)31-21(3)15-26-17-25(22(4)32(26)33(31)24-9-11-27(37-5)12-10-24)18-28-13-14-30(39-28)29-16-23(19-35)8-7-20(29)2/h7-16,18-19,32-33H,4,6,17H2,1-3,5H3. The van der Waals surface area contributed by atoms with E-state index in [2.05, 4.69) is 37.8 Å². The average molecular weight is 537 g/mol. The average Bonchev–Trinajstić information content (AvgIpc) is 3.52. The predicted molar refractivity (Wildman–Crippen MR) is 158 cm³/mol. The van der Waals surface area contributed by atoms with Gasteiger partial charge in [0.2, 0.25) is 0 Å². The zero-order valence-electron chi connectivity index (χ0n) is 22.7. The van der Waals surface area contributed by atoms with E-state index in [-0.39, 0.29) is 17.8 Å². The van der Waals surface area contributed by atoms with Gasteiger partial charge < -0.3 is 9.47 Å². The van der Waals surface area contributed by atoms with Crippen LogP contribution in [0.25, 0.3) is 16.5 Å². The van der Waals surface area contributed by atoms with Gasteiger partial charge in [0.15, 0.2) is 0 Å². The zero-order chi connectivity index (χ0) is 27.7. The molecule has 39 heavy (non-hydrogen) atoms. The predicted octanol–water partition coefficient (Wildman–Crippen LogP) is 8.11. The van der Waals surface area contributed by atoms with Crippen molar-refractivity contribution in [3.05, 3.63) is 117 Å². The number of allylic oxidation sites excluding steroid dienone is 5. The molecule has 2 atom stereocenters. The highest BCUT2D eigenvalue weighted by atomic mass is 32.1. The van der Waals surface area contributed by atoms with Gasteiger partial charge in [0.25, 0.3) is 0 Å². The number of rotatable bonds is 7. The number of hydrogen-bond donors (Lipinski definition) is 0. The van der Waals surface area contributed by atoms with Crippen LogP contribution in [0.2, 0.25) is 0 Å². The number of hydrogen-bond acceptors (Lipinski definition) is 5. The minimum atomic E-state index is -0.271. The van der Waals surface area contributed by atoms with Crippen LogP contribution < -0.4 is 4.74 Å². The van der Waals surface area contributed by atoms with Crippen LogP contribution in [0, 0.1) is 12.8 Å². The summed E-state index contributed by atoms with van der Waals surface area (Å²) >= 11 is 1.70. The third kappa shape index (κ3) is 5.07. The molecule has 0 amide bonds. The molecule has 1 aromatic heterocycles. The van der Waals surface area contributed by atoms with Crippen LogP contribution in [0.5, 0.6) is 5.75 Å². The summed E-state index contributed by atoms with van der Waals surface area (Å²) in [5.41, 5.74) is 9.05. The molecule has 0 bridgehead atoms. The van der Waals surface area contributed by atoms with Gasteiger partial charge in [-0.1, -0.05) is 42.5 Å². The quantitative estimate of drug-likeness (QED) is 0.226. The van der Waals surface area contributed by atoms with Crippen molar-refractivity contribution in [1.82, 2.24) is 0 Å². The number of aldehydes is 1. The van der Waals surface area contributed by atoms with Crippen LogP contribution in [0.4, 0.5) is 0 Å². The number of methoxy groups -OCH3 is 1. The van der Waals surface area contributed by atoms with E-state index in [1.54, 1.807) is 18.4 Å². The third-order valence-electron chi connectivity index (χ3n) is 7.63. The van der Waals surface area contributed by atoms with E-state index in [1.807, 2.05) is 56.3 Å². The molecule has 1 fully saturated rings. The molecule has 0 N–H and O–H groups in total. The highest BCUT2D eigenvalue weighted by Crippen LogP contribution is 2.54. The van der Waals surface area contributed by atoms with Gasteiger partial charge in [-0.05, 0) is 97.0 Å². The van der Waals surface area contributed by atoms with Crippen molar-refractivity contribution >= 4 is 29.7 Å². The number of carbonyl (C=O) groups excluding carboxylic acids is 2. The van der Waals surface area contributed by atoms with Gasteiger partial charge in [-0.15, -0.1) is 11.3 Å². The molecule has 2 unspecified atom stereocenters. The Labute approximate surface area is 234 Å². The van der Waals surface area contributed by atoms with Gasteiger partial charge >= 0.3 is 5.97 Å². The monoisotopic (exact) mass is 536 g/mol. The lowest BCUT2D eigenvalue weighted by atomic mass is 9.71. The first-order valence-electron chi connectivity index (χ1n) is 13.1. The maximum Gasteiger partial charge on any atom is 0.334 e. The van der Waals surface area contributed by atoms with Crippen LogP contribution in [-0.4, -0.2) is 26.0 Å². The first-order valence-corrected chi connectivity index (χ1v) is 13.9. The molecule has 5 heteroatoms. The fourth-order valence-corrected chi connectivity index (χ4v) is 6.78. The van der Waals surface area contributed by atoms with Crippen molar-refractivity contribution in [3.8, 4) is 16.2 Å². The number of carbonyl (C=O) groups is 2. The van der Waals surface area contributed by atoms with Gasteiger partial charge in [0, 0.05) is 32.7 Å². The molecule has 2 aliphatic rings. The molecule has 1 heterocycles. The molecule has 0 aliphatic heterocycles. The molecule has 5 rings (SSSR count). The van der Waals surface area contributed by atoms with Crippen LogP contribution in [0.15, 0.2) is 95.1 Å². The molecule has 1 saturated carbocycles. The van der Waals surface area contributed by atoms with E-state index >= 15 is 0 Å². The van der Waals surface area contributed by atoms with Crippen LogP contribution in [-0.2, 0) is 9.53 Å². The van der Waals surface area contributed by atoms with E-state index in [9.17, 15) is 9.59 Å². The molecule has 3 aromatic rings. The van der Waals surface area contributed by atoms with Crippen LogP contribution >= 0.6 is 11.3 Å². The van der Waals surface area contributed by atoms with Crippen LogP contribution in [0.1, 0.15) is 52.5 Å². The number of fused-ring (bicyclic) bond motifs is 1. The Morgan fingerprint density at radius 3 is 2.54 bits per heavy atom. The summed E-state index contributed by atoms with van der Waals surface area (Å²) in [6.45, 7) is 10.8. The number of thiophene rings is 1. The Morgan fingerprint density at radius 2 is 1.85 bits per heavy atom. The fraction of sp³-hybridized carbons (Fsp3) is 0.235. The number of ether oxygens (including phenoxy) is 2. The van der Waals surface area contributed by atoms with Gasteiger partial charge in [0.1, 0.15) is 12.0 Å². The minimum Gasteiger partial charge on any atom is -0.497 e. The molecular formula is C34H32O4S. The summed E-state index contributed by atoms with van der Waals surface area (Å²) in [5.74, 6) is 0.309. The van der Waals surface area contributed by atoms with Crippen molar-refractivity contribution in [2.24, 2.45) is 5.92 Å². The summed E-state index contributed by atoms with van der Waals surface area (Å²) in [6.07, 6.45) is 6.05. The van der Waals surface area contributed by atoms with Gasteiger partial charge in [-0.3, -0.25) is 4.79 Å². The normalized spacial score (nSPS) is 19.6. The Kier molecular flexibility index (Phi) is 7.53. The first-order chi connectivity index (χ1) is 18.8. The van der Waals surface area contributed by atoms with Gasteiger partial charge in [-0.2, -0.15) is 0 Å². The second kappa shape index (κ2) is 11.0. The summed E-state index contributed by atoms with van der Waals surface area (Å²) in [5, 5.41) is 0. The second-order valence-electron chi connectivity index (χ2n) is 10.0. The summed E-state index contributed by atoms with van der Waals surface area (Å²) in [7, 11) is 1.65. The van der Waals surface area contributed by atoms with Crippen molar-refractivity contribution in [2.75, 3.05) is 13.7 Å². The molecule has 0 spiro atoms. The van der Waals surface area contributed by atoms with Crippen molar-refractivity contribution < 1.29 is 19.1 Å². The number of benzene rings is 2. The molecular weight excluding hydrogens is 504 g/mol. The van der Waals surface area contributed by atoms with Crippen molar-refractivity contribution in [1.29, 1.82) is 0 Å². The number of esters is 1. The lowest BCUT2D eigenvalue weighted by molar-refractivity contribution is -0.139. The lowest BCUT2D eigenvalue weighted by Gasteiger charge is -2.32. The zero-order valence-corrected chi connectivity index (χ0v) is 23.6. The maximum absolute atomic E-state index is 13.2. The third-order valence-corrected chi connectivity index (χ3v) is 8.70. The highest BCUT2D eigenvalue weighted by molar-refractivity contribution is 7.16. The largest absolute Gasteiger partial charge is 0.497 e. The Morgan fingerprint density at radius 1 is 1.08 bits per heavy atom. The van der Waals surface area contributed by atoms with E-state index in [0.717, 1.165) is 56.0 Å². The van der Waals surface area contributed by atoms with Crippen molar-refractivity contribution in [2.45, 2.75) is 33.1 Å². The molecule has 0 radical (unpaired) electrons. The smallest absolute Gasteiger partial charge is 0.334 e. The van der Waals surface area contributed by atoms with E-state index in [4.69, 9.17) is 9.47 Å².